The zero-order valence-electron chi connectivity index (χ0n) is 6.68. The van der Waals surface area contributed by atoms with E-state index in [0.29, 0.717) is 0 Å². The minimum atomic E-state index is -0.405. The summed E-state index contributed by atoms with van der Waals surface area (Å²) in [5, 5.41) is 9.34. The molecule has 0 bridgehead atoms. The van der Waals surface area contributed by atoms with E-state index in [-0.39, 0.29) is 11.5 Å². The molecule has 0 amide bonds. The zero-order valence-corrected chi connectivity index (χ0v) is 6.68. The van der Waals surface area contributed by atoms with Crippen molar-refractivity contribution in [1.29, 1.82) is 0 Å². The van der Waals surface area contributed by atoms with Crippen LogP contribution in [0.25, 0.3) is 0 Å². The van der Waals surface area contributed by atoms with E-state index < -0.39 is 6.10 Å². The molecule has 0 heterocycles. The Balaban J connectivity index is 3.88. The van der Waals surface area contributed by atoms with Crippen LogP contribution in [0.5, 0.6) is 0 Å². The van der Waals surface area contributed by atoms with Gasteiger partial charge in [0.25, 0.3) is 0 Å². The fraction of sp³-hybridized carbons (Fsp3) is 1.00. The minimum Gasteiger partial charge on any atom is -0.391 e. The zero-order chi connectivity index (χ0) is 7.65. The van der Waals surface area contributed by atoms with Gasteiger partial charge < -0.3 is 10.8 Å². The first-order valence-corrected chi connectivity index (χ1v) is 3.29. The van der Waals surface area contributed by atoms with Crippen molar-refractivity contribution in [2.75, 3.05) is 0 Å². The quantitative estimate of drug-likeness (QED) is 0.551. The summed E-state index contributed by atoms with van der Waals surface area (Å²) < 4.78 is 0. The lowest BCUT2D eigenvalue weighted by Gasteiger charge is -2.28. The summed E-state index contributed by atoms with van der Waals surface area (Å²) >= 11 is 0. The van der Waals surface area contributed by atoms with Crippen molar-refractivity contribution in [3.05, 3.63) is 0 Å². The molecule has 2 heteroatoms. The molecule has 0 aliphatic carbocycles. The molecular formula is C7H17NO. The van der Waals surface area contributed by atoms with E-state index in [9.17, 15) is 5.11 Å². The molecular weight excluding hydrogens is 114 g/mol. The molecule has 2 nitrogen and oxygen atoms in total. The largest absolute Gasteiger partial charge is 0.391 e. The maximum Gasteiger partial charge on any atom is 0.0736 e. The lowest BCUT2D eigenvalue weighted by Crippen LogP contribution is -2.41. The first kappa shape index (κ1) is 8.92. The molecule has 0 aromatic carbocycles. The summed E-state index contributed by atoms with van der Waals surface area (Å²) in [5.41, 5.74) is 5.38. The summed E-state index contributed by atoms with van der Waals surface area (Å²) in [6, 6.07) is -0.134. The number of rotatable bonds is 1. The number of hydrogen-bond donors (Lipinski definition) is 2. The molecule has 0 aliphatic rings. The van der Waals surface area contributed by atoms with Crippen LogP contribution in [-0.2, 0) is 0 Å². The summed E-state index contributed by atoms with van der Waals surface area (Å²) in [6.45, 7) is 7.74. The van der Waals surface area contributed by atoms with Crippen LogP contribution in [0.1, 0.15) is 27.7 Å². The molecule has 0 spiro atoms. The van der Waals surface area contributed by atoms with Gasteiger partial charge in [-0.15, -0.1) is 0 Å². The van der Waals surface area contributed by atoms with Crippen molar-refractivity contribution in [2.24, 2.45) is 11.1 Å². The molecule has 0 radical (unpaired) electrons. The molecule has 0 aromatic heterocycles. The van der Waals surface area contributed by atoms with Crippen LogP contribution in [0, 0.1) is 5.41 Å². The molecule has 0 aliphatic heterocycles. The van der Waals surface area contributed by atoms with Crippen LogP contribution in [0.3, 0.4) is 0 Å². The van der Waals surface area contributed by atoms with E-state index in [4.69, 9.17) is 5.73 Å². The van der Waals surface area contributed by atoms with Gasteiger partial charge in [0.2, 0.25) is 0 Å². The maximum absolute atomic E-state index is 9.34. The van der Waals surface area contributed by atoms with Crippen molar-refractivity contribution in [3.8, 4) is 0 Å². The molecule has 3 N–H and O–H groups in total. The molecule has 56 valence electrons. The van der Waals surface area contributed by atoms with E-state index in [1.807, 2.05) is 27.7 Å². The van der Waals surface area contributed by atoms with Gasteiger partial charge in [0, 0.05) is 6.04 Å². The highest BCUT2D eigenvalue weighted by Crippen LogP contribution is 2.20. The second-order valence-corrected chi connectivity index (χ2v) is 3.67. The Morgan fingerprint density at radius 1 is 1.33 bits per heavy atom. The van der Waals surface area contributed by atoms with Crippen molar-refractivity contribution in [2.45, 2.75) is 39.8 Å². The van der Waals surface area contributed by atoms with Gasteiger partial charge in [-0.3, -0.25) is 0 Å². The van der Waals surface area contributed by atoms with E-state index in [2.05, 4.69) is 0 Å². The monoisotopic (exact) mass is 131 g/mol. The third kappa shape index (κ3) is 2.82. The van der Waals surface area contributed by atoms with Crippen LogP contribution >= 0.6 is 0 Å². The van der Waals surface area contributed by atoms with Crippen molar-refractivity contribution in [1.82, 2.24) is 0 Å². The smallest absolute Gasteiger partial charge is 0.0736 e. The number of aliphatic hydroxyl groups excluding tert-OH is 1. The van der Waals surface area contributed by atoms with Crippen LogP contribution in [-0.4, -0.2) is 17.3 Å². The van der Waals surface area contributed by atoms with E-state index in [1.165, 1.54) is 0 Å². The third-order valence-electron chi connectivity index (χ3n) is 1.39. The SMILES string of the molecule is C[C@H](N)[C@@H](O)C(C)(C)C. The van der Waals surface area contributed by atoms with Crippen LogP contribution in [0.15, 0.2) is 0 Å². The fourth-order valence-corrected chi connectivity index (χ4v) is 0.789. The molecule has 0 saturated carbocycles. The van der Waals surface area contributed by atoms with Gasteiger partial charge in [0.05, 0.1) is 6.10 Å². The van der Waals surface area contributed by atoms with Crippen LogP contribution in [0.4, 0.5) is 0 Å². The summed E-state index contributed by atoms with van der Waals surface area (Å²) in [6.07, 6.45) is -0.405. The molecule has 0 fully saturated rings. The van der Waals surface area contributed by atoms with Gasteiger partial charge in [0.1, 0.15) is 0 Å². The maximum atomic E-state index is 9.34. The lowest BCUT2D eigenvalue weighted by atomic mass is 9.86. The Labute approximate surface area is 57.1 Å². The minimum absolute atomic E-state index is 0.0891. The molecule has 0 saturated heterocycles. The van der Waals surface area contributed by atoms with Crippen molar-refractivity contribution < 1.29 is 5.11 Å². The van der Waals surface area contributed by atoms with Gasteiger partial charge >= 0.3 is 0 Å². The number of nitrogens with two attached hydrogens (primary N) is 1. The molecule has 9 heavy (non-hydrogen) atoms. The third-order valence-corrected chi connectivity index (χ3v) is 1.39. The van der Waals surface area contributed by atoms with Gasteiger partial charge in [-0.1, -0.05) is 20.8 Å². The van der Waals surface area contributed by atoms with Crippen LogP contribution in [0.2, 0.25) is 0 Å². The highest BCUT2D eigenvalue weighted by molar-refractivity contribution is 4.78. The van der Waals surface area contributed by atoms with E-state index in [0.717, 1.165) is 0 Å². The first-order valence-electron chi connectivity index (χ1n) is 3.29. The second-order valence-electron chi connectivity index (χ2n) is 3.67. The van der Waals surface area contributed by atoms with Gasteiger partial charge in [-0.25, -0.2) is 0 Å². The van der Waals surface area contributed by atoms with Gasteiger partial charge in [-0.05, 0) is 12.3 Å². The Bertz CT molecular complexity index is 83.4. The Morgan fingerprint density at radius 2 is 1.67 bits per heavy atom. The predicted octanol–water partition coefficient (Wildman–Crippen LogP) is 0.741. The topological polar surface area (TPSA) is 46.2 Å². The predicted molar refractivity (Wildman–Crippen MR) is 39.1 cm³/mol. The lowest BCUT2D eigenvalue weighted by molar-refractivity contribution is 0.0455. The molecule has 2 atom stereocenters. The normalized spacial score (nSPS) is 19.3. The van der Waals surface area contributed by atoms with Crippen LogP contribution < -0.4 is 5.73 Å². The highest BCUT2D eigenvalue weighted by Gasteiger charge is 2.24. The summed E-state index contributed by atoms with van der Waals surface area (Å²) in [7, 11) is 0. The highest BCUT2D eigenvalue weighted by atomic mass is 16.3. The van der Waals surface area contributed by atoms with Crippen molar-refractivity contribution >= 4 is 0 Å². The molecule has 0 rings (SSSR count). The average molecular weight is 131 g/mol. The van der Waals surface area contributed by atoms with Gasteiger partial charge in [0.15, 0.2) is 0 Å². The average Bonchev–Trinajstić information content (AvgIpc) is 1.62. The Kier molecular flexibility index (Phi) is 2.65. The number of hydrogen-bond acceptors (Lipinski definition) is 2. The molecule has 0 aromatic rings. The van der Waals surface area contributed by atoms with E-state index in [1.54, 1.807) is 0 Å². The Morgan fingerprint density at radius 3 is 1.67 bits per heavy atom. The van der Waals surface area contributed by atoms with E-state index >= 15 is 0 Å². The summed E-state index contributed by atoms with van der Waals surface area (Å²) in [4.78, 5) is 0. The Hall–Kier alpha value is -0.0800. The second kappa shape index (κ2) is 2.67. The number of aliphatic hydroxyl groups is 1. The summed E-state index contributed by atoms with van der Waals surface area (Å²) in [5.74, 6) is 0. The fourth-order valence-electron chi connectivity index (χ4n) is 0.789. The van der Waals surface area contributed by atoms with Gasteiger partial charge in [-0.2, -0.15) is 0 Å². The van der Waals surface area contributed by atoms with Crippen molar-refractivity contribution in [3.63, 3.8) is 0 Å². The standard InChI is InChI=1S/C7H17NO/c1-5(8)6(9)7(2,3)4/h5-6,9H,8H2,1-4H3/t5-,6+/m0/s1. The molecule has 0 unspecified atom stereocenters. The first-order chi connectivity index (χ1) is 3.85.